The highest BCUT2D eigenvalue weighted by Crippen LogP contribution is 2.18. The average Bonchev–Trinajstić information content (AvgIpc) is 2.84. The summed E-state index contributed by atoms with van der Waals surface area (Å²) in [5.41, 5.74) is 1.32. The van der Waals surface area contributed by atoms with E-state index in [1.54, 1.807) is 11.3 Å². The van der Waals surface area contributed by atoms with E-state index in [4.69, 9.17) is 4.42 Å². The molecule has 1 atom stereocenters. The zero-order valence-corrected chi connectivity index (χ0v) is 10.8. The zero-order chi connectivity index (χ0) is 10.7. The largest absolute Gasteiger partial charge is 0.453 e. The molecule has 0 aliphatic carbocycles. The second-order valence-corrected chi connectivity index (χ2v) is 4.93. The summed E-state index contributed by atoms with van der Waals surface area (Å²) in [6, 6.07) is 6.38. The molecule has 80 valence electrons. The molecule has 0 fully saturated rings. The summed E-state index contributed by atoms with van der Waals surface area (Å²) in [4.78, 5) is 0. The van der Waals surface area contributed by atoms with Crippen molar-refractivity contribution in [3.8, 4) is 0 Å². The van der Waals surface area contributed by atoms with Gasteiger partial charge >= 0.3 is 0 Å². The molecule has 15 heavy (non-hydrogen) atoms. The topological polar surface area (TPSA) is 25.2 Å². The summed E-state index contributed by atoms with van der Waals surface area (Å²) < 4.78 is 6.19. The first-order chi connectivity index (χ1) is 7.25. The van der Waals surface area contributed by atoms with Crippen LogP contribution < -0.4 is 5.32 Å². The number of nitrogens with one attached hydrogen (secondary N) is 1. The Morgan fingerprint density at radius 3 is 2.93 bits per heavy atom. The Morgan fingerprint density at radius 1 is 1.47 bits per heavy atom. The van der Waals surface area contributed by atoms with Crippen molar-refractivity contribution >= 4 is 27.3 Å². The third-order valence-corrected chi connectivity index (χ3v) is 3.38. The number of thiophene rings is 1. The molecular formula is C11H12BrNOS. The van der Waals surface area contributed by atoms with E-state index < -0.39 is 0 Å². The Bertz CT molecular complexity index is 410. The predicted octanol–water partition coefficient (Wildman–Crippen LogP) is 3.95. The first-order valence-corrected chi connectivity index (χ1v) is 6.49. The average molecular weight is 286 g/mol. The Balaban J connectivity index is 1.88. The number of furan rings is 1. The lowest BCUT2D eigenvalue weighted by molar-refractivity contribution is 0.447. The maximum Gasteiger partial charge on any atom is 0.169 e. The number of hydrogen-bond donors (Lipinski definition) is 1. The molecule has 0 aromatic carbocycles. The van der Waals surface area contributed by atoms with Crippen LogP contribution in [-0.2, 0) is 6.54 Å². The molecule has 0 saturated heterocycles. The van der Waals surface area contributed by atoms with Gasteiger partial charge in [0, 0.05) is 6.04 Å². The summed E-state index contributed by atoms with van der Waals surface area (Å²) in [6.07, 6.45) is 0. The van der Waals surface area contributed by atoms with Crippen molar-refractivity contribution in [2.45, 2.75) is 19.5 Å². The maximum atomic E-state index is 5.41. The van der Waals surface area contributed by atoms with Gasteiger partial charge in [0.1, 0.15) is 5.76 Å². The van der Waals surface area contributed by atoms with Gasteiger partial charge in [-0.1, -0.05) is 0 Å². The SMILES string of the molecule is CC(NCc1ccc(Br)o1)c1ccsc1. The molecule has 1 N–H and O–H groups in total. The van der Waals surface area contributed by atoms with Crippen molar-refractivity contribution in [2.24, 2.45) is 0 Å². The molecule has 2 heterocycles. The van der Waals surface area contributed by atoms with Gasteiger partial charge in [-0.25, -0.2) is 0 Å². The Labute approximate surface area is 101 Å². The molecule has 0 aliphatic rings. The van der Waals surface area contributed by atoms with Gasteiger partial charge in [-0.2, -0.15) is 11.3 Å². The predicted molar refractivity (Wildman–Crippen MR) is 66.0 cm³/mol. The third-order valence-electron chi connectivity index (χ3n) is 2.25. The molecule has 2 rings (SSSR count). The van der Waals surface area contributed by atoms with Gasteiger partial charge in [0.15, 0.2) is 4.67 Å². The first kappa shape index (κ1) is 10.9. The van der Waals surface area contributed by atoms with Gasteiger partial charge in [-0.3, -0.25) is 0 Å². The fraction of sp³-hybridized carbons (Fsp3) is 0.273. The molecule has 0 aliphatic heterocycles. The Kier molecular flexibility index (Phi) is 3.61. The van der Waals surface area contributed by atoms with Crippen LogP contribution in [0.15, 0.2) is 38.0 Å². The summed E-state index contributed by atoms with van der Waals surface area (Å²) in [6.45, 7) is 2.91. The van der Waals surface area contributed by atoms with E-state index in [0.29, 0.717) is 6.04 Å². The van der Waals surface area contributed by atoms with Crippen LogP contribution >= 0.6 is 27.3 Å². The van der Waals surface area contributed by atoms with Crippen LogP contribution in [0.3, 0.4) is 0 Å². The van der Waals surface area contributed by atoms with E-state index in [9.17, 15) is 0 Å². The van der Waals surface area contributed by atoms with Crippen molar-refractivity contribution in [1.82, 2.24) is 5.32 Å². The van der Waals surface area contributed by atoms with Crippen LogP contribution in [0.5, 0.6) is 0 Å². The van der Waals surface area contributed by atoms with Crippen molar-refractivity contribution in [1.29, 1.82) is 0 Å². The van der Waals surface area contributed by atoms with E-state index in [0.717, 1.165) is 17.0 Å². The van der Waals surface area contributed by atoms with Crippen LogP contribution in [0, 0.1) is 0 Å². The lowest BCUT2D eigenvalue weighted by Crippen LogP contribution is -2.17. The molecule has 2 aromatic rings. The van der Waals surface area contributed by atoms with Crippen molar-refractivity contribution in [2.75, 3.05) is 0 Å². The molecular weight excluding hydrogens is 274 g/mol. The highest BCUT2D eigenvalue weighted by atomic mass is 79.9. The Hall–Kier alpha value is -0.580. The second-order valence-electron chi connectivity index (χ2n) is 3.37. The van der Waals surface area contributed by atoms with E-state index in [1.165, 1.54) is 5.56 Å². The van der Waals surface area contributed by atoms with Gasteiger partial charge in [0.2, 0.25) is 0 Å². The van der Waals surface area contributed by atoms with Crippen LogP contribution in [0.4, 0.5) is 0 Å². The molecule has 0 spiro atoms. The molecule has 2 aromatic heterocycles. The minimum atomic E-state index is 0.361. The highest BCUT2D eigenvalue weighted by Gasteiger charge is 2.06. The summed E-state index contributed by atoms with van der Waals surface area (Å²) in [5, 5.41) is 7.66. The van der Waals surface area contributed by atoms with Gasteiger partial charge in [-0.05, 0) is 57.4 Å². The quantitative estimate of drug-likeness (QED) is 0.920. The van der Waals surface area contributed by atoms with Crippen molar-refractivity contribution in [3.05, 3.63) is 45.0 Å². The lowest BCUT2D eigenvalue weighted by atomic mass is 10.2. The van der Waals surface area contributed by atoms with Crippen LogP contribution in [-0.4, -0.2) is 0 Å². The maximum absolute atomic E-state index is 5.41. The minimum absolute atomic E-state index is 0.361. The standard InChI is InChI=1S/C11H12BrNOS/c1-8(9-4-5-15-7-9)13-6-10-2-3-11(12)14-10/h2-5,7-8,13H,6H2,1H3. The first-order valence-electron chi connectivity index (χ1n) is 4.75. The zero-order valence-electron chi connectivity index (χ0n) is 8.37. The molecule has 2 nitrogen and oxygen atoms in total. The van der Waals surface area contributed by atoms with E-state index in [-0.39, 0.29) is 0 Å². The fourth-order valence-electron chi connectivity index (χ4n) is 1.34. The van der Waals surface area contributed by atoms with Gasteiger partial charge in [0.05, 0.1) is 6.54 Å². The van der Waals surface area contributed by atoms with E-state index >= 15 is 0 Å². The normalized spacial score (nSPS) is 12.9. The number of halogens is 1. The van der Waals surface area contributed by atoms with Crippen LogP contribution in [0.1, 0.15) is 24.3 Å². The molecule has 0 amide bonds. The smallest absolute Gasteiger partial charge is 0.169 e. The summed E-state index contributed by atoms with van der Waals surface area (Å²) in [7, 11) is 0. The van der Waals surface area contributed by atoms with E-state index in [2.05, 4.69) is 45.0 Å². The fourth-order valence-corrected chi connectivity index (χ4v) is 2.43. The molecule has 0 saturated carbocycles. The monoisotopic (exact) mass is 285 g/mol. The lowest BCUT2D eigenvalue weighted by Gasteiger charge is -2.10. The van der Waals surface area contributed by atoms with Crippen LogP contribution in [0.2, 0.25) is 0 Å². The van der Waals surface area contributed by atoms with Gasteiger partial charge in [-0.15, -0.1) is 0 Å². The highest BCUT2D eigenvalue weighted by molar-refractivity contribution is 9.10. The Morgan fingerprint density at radius 2 is 2.33 bits per heavy atom. The molecule has 1 unspecified atom stereocenters. The second kappa shape index (κ2) is 4.96. The van der Waals surface area contributed by atoms with Crippen LogP contribution in [0.25, 0.3) is 0 Å². The van der Waals surface area contributed by atoms with Gasteiger partial charge in [0.25, 0.3) is 0 Å². The summed E-state index contributed by atoms with van der Waals surface area (Å²) in [5.74, 6) is 0.948. The number of rotatable bonds is 4. The summed E-state index contributed by atoms with van der Waals surface area (Å²) >= 11 is 5.01. The molecule has 0 bridgehead atoms. The minimum Gasteiger partial charge on any atom is -0.453 e. The molecule has 0 radical (unpaired) electrons. The van der Waals surface area contributed by atoms with Gasteiger partial charge < -0.3 is 9.73 Å². The number of hydrogen-bond acceptors (Lipinski definition) is 3. The van der Waals surface area contributed by atoms with Crippen molar-refractivity contribution < 1.29 is 4.42 Å². The third kappa shape index (κ3) is 2.93. The molecule has 4 heteroatoms. The van der Waals surface area contributed by atoms with E-state index in [1.807, 2.05) is 12.1 Å². The van der Waals surface area contributed by atoms with Crippen molar-refractivity contribution in [3.63, 3.8) is 0 Å².